The molecule has 1 atom stereocenters. The molecule has 1 aliphatic carbocycles. The van der Waals surface area contributed by atoms with E-state index < -0.39 is 5.41 Å². The molecular weight excluding hydrogens is 318 g/mol. The second kappa shape index (κ2) is 7.02. The number of imide groups is 1. The zero-order valence-corrected chi connectivity index (χ0v) is 15.0. The summed E-state index contributed by atoms with van der Waals surface area (Å²) in [6, 6.07) is -0.383. The van der Waals surface area contributed by atoms with Gasteiger partial charge >= 0.3 is 6.03 Å². The highest BCUT2D eigenvalue weighted by Crippen LogP contribution is 2.42. The fourth-order valence-corrected chi connectivity index (χ4v) is 4.21. The lowest BCUT2D eigenvalue weighted by molar-refractivity contribution is -0.149. The summed E-state index contributed by atoms with van der Waals surface area (Å²) in [6.07, 6.45) is 10.6. The minimum Gasteiger partial charge on any atom is -0.382 e. The number of ketones is 1. The van der Waals surface area contributed by atoms with E-state index in [9.17, 15) is 14.4 Å². The topological polar surface area (TPSA) is 69.7 Å². The zero-order chi connectivity index (χ0) is 18.0. The molecule has 1 unspecified atom stereocenters. The van der Waals surface area contributed by atoms with Crippen molar-refractivity contribution >= 4 is 17.7 Å². The Kier molecular flexibility index (Phi) is 4.97. The molecule has 3 aliphatic rings. The van der Waals surface area contributed by atoms with Crippen LogP contribution in [0, 0.1) is 17.9 Å². The molecular formula is C19H26N3O3. The van der Waals surface area contributed by atoms with E-state index in [1.165, 1.54) is 6.42 Å². The Morgan fingerprint density at radius 1 is 1.28 bits per heavy atom. The van der Waals surface area contributed by atoms with Crippen molar-refractivity contribution in [1.29, 1.82) is 0 Å². The van der Waals surface area contributed by atoms with Gasteiger partial charge in [0.2, 0.25) is 5.91 Å². The molecule has 0 aromatic carbocycles. The van der Waals surface area contributed by atoms with Crippen molar-refractivity contribution in [3.05, 3.63) is 30.5 Å². The predicted octanol–water partition coefficient (Wildman–Crippen LogP) is 2.24. The van der Waals surface area contributed by atoms with Gasteiger partial charge < -0.3 is 10.2 Å². The second-order valence-corrected chi connectivity index (χ2v) is 7.50. The third-order valence-corrected chi connectivity index (χ3v) is 5.69. The van der Waals surface area contributed by atoms with Crippen LogP contribution in [0.4, 0.5) is 4.79 Å². The molecule has 6 heteroatoms. The molecule has 3 amide bonds. The Morgan fingerprint density at radius 2 is 2.00 bits per heavy atom. The minimum atomic E-state index is -0.605. The van der Waals surface area contributed by atoms with Crippen LogP contribution in [-0.4, -0.2) is 47.7 Å². The van der Waals surface area contributed by atoms with E-state index in [2.05, 4.69) is 5.32 Å². The van der Waals surface area contributed by atoms with Crippen LogP contribution in [0.3, 0.4) is 0 Å². The smallest absolute Gasteiger partial charge is 0.326 e. The molecule has 0 spiro atoms. The van der Waals surface area contributed by atoms with Gasteiger partial charge in [0.25, 0.3) is 0 Å². The minimum absolute atomic E-state index is 0.198. The highest BCUT2D eigenvalue weighted by Gasteiger charge is 2.51. The normalized spacial score (nSPS) is 28.0. The third kappa shape index (κ3) is 3.34. The number of urea groups is 1. The van der Waals surface area contributed by atoms with Gasteiger partial charge in [-0.2, -0.15) is 0 Å². The lowest BCUT2D eigenvalue weighted by Gasteiger charge is -2.47. The van der Waals surface area contributed by atoms with Gasteiger partial charge in [-0.3, -0.25) is 14.5 Å². The van der Waals surface area contributed by atoms with Gasteiger partial charge in [0.05, 0.1) is 18.5 Å². The van der Waals surface area contributed by atoms with Gasteiger partial charge in [0, 0.05) is 19.2 Å². The van der Waals surface area contributed by atoms with Crippen LogP contribution in [0.5, 0.6) is 0 Å². The first kappa shape index (κ1) is 17.7. The Labute approximate surface area is 148 Å². The molecule has 1 saturated heterocycles. The maximum Gasteiger partial charge on any atom is 0.326 e. The van der Waals surface area contributed by atoms with Crippen LogP contribution >= 0.6 is 0 Å². The maximum atomic E-state index is 13.2. The molecule has 1 radical (unpaired) electrons. The van der Waals surface area contributed by atoms with Crippen molar-refractivity contribution in [1.82, 2.24) is 15.1 Å². The summed E-state index contributed by atoms with van der Waals surface area (Å²) in [5, 5.41) is 2.86. The molecule has 1 saturated carbocycles. The van der Waals surface area contributed by atoms with Crippen LogP contribution in [0.2, 0.25) is 0 Å². The lowest BCUT2D eigenvalue weighted by atomic mass is 9.68. The molecule has 3 rings (SSSR count). The SMILES string of the molecule is CN1CC(C)(C2CCCCC2)C(=O)N(CC(=O)C2=CC=CN[CH]2)C1=O. The molecule has 25 heavy (non-hydrogen) atoms. The van der Waals surface area contributed by atoms with Crippen molar-refractivity contribution in [2.45, 2.75) is 39.0 Å². The predicted molar refractivity (Wildman–Crippen MR) is 94.1 cm³/mol. The number of carbonyl (C=O) groups is 3. The molecule has 0 aromatic rings. The standard InChI is InChI=1S/C19H26N3O3/c1-19(15-8-4-3-5-9-15)13-21(2)18(25)22(17(19)24)12-16(23)14-7-6-10-20-11-14/h6-7,10-11,15,20H,3-5,8-9,12-13H2,1-2H3. The summed E-state index contributed by atoms with van der Waals surface area (Å²) < 4.78 is 0. The summed E-state index contributed by atoms with van der Waals surface area (Å²) in [4.78, 5) is 41.0. The average molecular weight is 344 g/mol. The molecule has 2 aliphatic heterocycles. The number of nitrogens with one attached hydrogen (secondary N) is 1. The van der Waals surface area contributed by atoms with Gasteiger partial charge in [0.1, 0.15) is 0 Å². The largest absolute Gasteiger partial charge is 0.382 e. The second-order valence-electron chi connectivity index (χ2n) is 7.50. The van der Waals surface area contributed by atoms with E-state index >= 15 is 0 Å². The molecule has 135 valence electrons. The van der Waals surface area contributed by atoms with E-state index in [0.717, 1.165) is 30.6 Å². The highest BCUT2D eigenvalue weighted by molar-refractivity contribution is 6.07. The first-order valence-electron chi connectivity index (χ1n) is 9.00. The third-order valence-electron chi connectivity index (χ3n) is 5.69. The number of allylic oxidation sites excluding steroid dienone is 2. The van der Waals surface area contributed by atoms with Gasteiger partial charge in [-0.25, -0.2) is 4.79 Å². The quantitative estimate of drug-likeness (QED) is 0.849. The molecule has 0 bridgehead atoms. The Morgan fingerprint density at radius 3 is 2.64 bits per heavy atom. The Bertz CT molecular complexity index is 634. The van der Waals surface area contributed by atoms with Crippen molar-refractivity contribution in [3.63, 3.8) is 0 Å². The summed E-state index contributed by atoms with van der Waals surface area (Å²) in [5.41, 5.74) is -0.137. The summed E-state index contributed by atoms with van der Waals surface area (Å²) in [7, 11) is 1.71. The van der Waals surface area contributed by atoms with Crippen molar-refractivity contribution < 1.29 is 14.4 Å². The van der Waals surface area contributed by atoms with E-state index in [1.807, 2.05) is 6.92 Å². The molecule has 0 aromatic heterocycles. The van der Waals surface area contributed by atoms with Crippen LogP contribution in [0.15, 0.2) is 23.9 Å². The monoisotopic (exact) mass is 344 g/mol. The van der Waals surface area contributed by atoms with Crippen LogP contribution < -0.4 is 5.32 Å². The van der Waals surface area contributed by atoms with Gasteiger partial charge in [-0.15, -0.1) is 0 Å². The first-order chi connectivity index (χ1) is 11.9. The van der Waals surface area contributed by atoms with E-state index in [1.54, 1.807) is 36.8 Å². The van der Waals surface area contributed by atoms with Crippen LogP contribution in [0.1, 0.15) is 39.0 Å². The van der Waals surface area contributed by atoms with Gasteiger partial charge in [0.15, 0.2) is 5.78 Å². The molecule has 1 N–H and O–H groups in total. The van der Waals surface area contributed by atoms with Crippen LogP contribution in [0.25, 0.3) is 0 Å². The maximum absolute atomic E-state index is 13.2. The fourth-order valence-electron chi connectivity index (χ4n) is 4.21. The summed E-state index contributed by atoms with van der Waals surface area (Å²) in [6.45, 7) is 3.77. The van der Waals surface area contributed by atoms with Gasteiger partial charge in [-0.05, 0) is 38.0 Å². The zero-order valence-electron chi connectivity index (χ0n) is 15.0. The first-order valence-corrected chi connectivity index (χ1v) is 9.00. The summed E-state index contributed by atoms with van der Waals surface area (Å²) in [5.74, 6) is -0.164. The lowest BCUT2D eigenvalue weighted by Crippen LogP contribution is -2.63. The number of amides is 3. The molecule has 2 fully saturated rings. The van der Waals surface area contributed by atoms with Crippen molar-refractivity contribution in [2.24, 2.45) is 11.3 Å². The van der Waals surface area contributed by atoms with E-state index in [0.29, 0.717) is 12.1 Å². The fraction of sp³-hybridized carbons (Fsp3) is 0.579. The Balaban J connectivity index is 1.80. The van der Waals surface area contributed by atoms with Crippen molar-refractivity contribution in [3.8, 4) is 0 Å². The number of hydrogen-bond donors (Lipinski definition) is 1. The van der Waals surface area contributed by atoms with E-state index in [-0.39, 0.29) is 30.2 Å². The average Bonchev–Trinajstić information content (AvgIpc) is 2.65. The number of carbonyl (C=O) groups excluding carboxylic acids is 3. The number of Topliss-reactive ketones (excluding diaryl/α,β-unsaturated/α-hetero) is 1. The van der Waals surface area contributed by atoms with Gasteiger partial charge in [-0.1, -0.05) is 25.3 Å². The molecule has 2 heterocycles. The molecule has 6 nitrogen and oxygen atoms in total. The highest BCUT2D eigenvalue weighted by atomic mass is 16.2. The number of nitrogens with zero attached hydrogens (tertiary/aromatic N) is 2. The Hall–Kier alpha value is -2.11. The number of dihydropyridines is 1. The summed E-state index contributed by atoms with van der Waals surface area (Å²) >= 11 is 0. The van der Waals surface area contributed by atoms with E-state index in [4.69, 9.17) is 0 Å². The number of hydrogen-bond acceptors (Lipinski definition) is 4. The number of rotatable bonds is 4. The van der Waals surface area contributed by atoms with Crippen LogP contribution in [-0.2, 0) is 9.59 Å². The van der Waals surface area contributed by atoms with Crippen molar-refractivity contribution in [2.75, 3.05) is 20.1 Å².